The Morgan fingerprint density at radius 3 is 2.93 bits per heavy atom. The van der Waals surface area contributed by atoms with Crippen LogP contribution in [0.2, 0.25) is 0 Å². The van der Waals surface area contributed by atoms with Crippen LogP contribution in [0.1, 0.15) is 66.1 Å². The van der Waals surface area contributed by atoms with Gasteiger partial charge in [-0.3, -0.25) is 9.48 Å². The molecule has 3 aromatic rings. The highest BCUT2D eigenvalue weighted by Gasteiger charge is 2.35. The highest BCUT2D eigenvalue weighted by Crippen LogP contribution is 2.33. The molecule has 1 amide bonds. The van der Waals surface area contributed by atoms with Crippen LogP contribution >= 0.6 is 0 Å². The summed E-state index contributed by atoms with van der Waals surface area (Å²) in [6.45, 7) is 4.93. The first kappa shape index (κ1) is 20.3. The Labute approximate surface area is 175 Å². The first-order valence-electron chi connectivity index (χ1n) is 10.4. The maximum absolute atomic E-state index is 13.4. The van der Waals surface area contributed by atoms with Crippen LogP contribution in [0.3, 0.4) is 0 Å². The van der Waals surface area contributed by atoms with E-state index in [2.05, 4.69) is 23.9 Å². The molecule has 1 aliphatic heterocycles. The molecule has 1 aliphatic rings. The van der Waals surface area contributed by atoms with E-state index in [-0.39, 0.29) is 17.8 Å². The maximum Gasteiger partial charge on any atom is 0.272 e. The number of aryl methyl sites for hydroxylation is 1. The molecule has 158 valence electrons. The van der Waals surface area contributed by atoms with Crippen molar-refractivity contribution in [2.75, 3.05) is 6.54 Å². The molecule has 1 saturated heterocycles. The normalized spacial score (nSPS) is 16.6. The molecule has 0 aliphatic carbocycles. The van der Waals surface area contributed by atoms with Gasteiger partial charge in [0.2, 0.25) is 5.89 Å². The number of benzene rings is 1. The molecule has 0 spiro atoms. The standard InChI is InChI=1S/C23H27FN4O2/c1-15(2)10-18-13-21(27(3)26-18)23(29)28-9-5-8-20(28)22-25-14-19(30-22)12-16-6-4-7-17(24)11-16/h4,6-7,11,13-15,20H,5,8-10,12H2,1-3H3/t20-/m0/s1. The SMILES string of the molecule is CC(C)Cc1cc(C(=O)N2CCC[C@H]2c2ncc(Cc3cccc(F)c3)o2)n(C)n1. The van der Waals surface area contributed by atoms with Crippen LogP contribution in [0, 0.1) is 11.7 Å². The van der Waals surface area contributed by atoms with E-state index in [0.29, 0.717) is 36.2 Å². The van der Waals surface area contributed by atoms with Crippen LogP contribution < -0.4 is 0 Å². The molecular weight excluding hydrogens is 383 g/mol. The van der Waals surface area contributed by atoms with E-state index in [9.17, 15) is 9.18 Å². The molecule has 1 fully saturated rings. The van der Waals surface area contributed by atoms with E-state index in [1.54, 1.807) is 16.9 Å². The molecule has 0 bridgehead atoms. The molecule has 0 N–H and O–H groups in total. The Morgan fingerprint density at radius 1 is 1.33 bits per heavy atom. The van der Waals surface area contributed by atoms with Gasteiger partial charge in [0.05, 0.1) is 11.9 Å². The number of halogens is 1. The average molecular weight is 410 g/mol. The summed E-state index contributed by atoms with van der Waals surface area (Å²) < 4.78 is 21.1. The van der Waals surface area contributed by atoms with E-state index >= 15 is 0 Å². The lowest BCUT2D eigenvalue weighted by Crippen LogP contribution is -2.32. The zero-order valence-corrected chi connectivity index (χ0v) is 17.6. The number of hydrogen-bond acceptors (Lipinski definition) is 4. The van der Waals surface area contributed by atoms with E-state index in [0.717, 1.165) is 30.5 Å². The van der Waals surface area contributed by atoms with Gasteiger partial charge in [-0.2, -0.15) is 5.10 Å². The van der Waals surface area contributed by atoms with Crippen molar-refractivity contribution in [3.05, 3.63) is 70.9 Å². The monoisotopic (exact) mass is 410 g/mol. The number of nitrogens with zero attached hydrogens (tertiary/aromatic N) is 4. The average Bonchev–Trinajstić information content (AvgIpc) is 3.40. The van der Waals surface area contributed by atoms with Gasteiger partial charge in [-0.05, 0) is 48.9 Å². The van der Waals surface area contributed by atoms with E-state index in [4.69, 9.17) is 4.42 Å². The Bertz CT molecular complexity index is 1040. The van der Waals surface area contributed by atoms with Gasteiger partial charge in [0.25, 0.3) is 5.91 Å². The molecule has 4 rings (SSSR count). The molecule has 2 aromatic heterocycles. The van der Waals surface area contributed by atoms with Crippen LogP contribution in [0.25, 0.3) is 0 Å². The van der Waals surface area contributed by atoms with Gasteiger partial charge in [-0.15, -0.1) is 0 Å². The summed E-state index contributed by atoms with van der Waals surface area (Å²) in [6.07, 6.45) is 4.68. The fraction of sp³-hybridized carbons (Fsp3) is 0.435. The maximum atomic E-state index is 13.4. The summed E-state index contributed by atoms with van der Waals surface area (Å²) in [4.78, 5) is 19.5. The third-order valence-corrected chi connectivity index (χ3v) is 5.40. The minimum Gasteiger partial charge on any atom is -0.443 e. The van der Waals surface area contributed by atoms with Crippen LogP contribution in [0.5, 0.6) is 0 Å². The number of oxazole rings is 1. The third kappa shape index (κ3) is 4.30. The molecule has 0 radical (unpaired) electrons. The molecule has 7 heteroatoms. The summed E-state index contributed by atoms with van der Waals surface area (Å²) >= 11 is 0. The third-order valence-electron chi connectivity index (χ3n) is 5.40. The number of amides is 1. The fourth-order valence-electron chi connectivity index (χ4n) is 4.07. The Hall–Kier alpha value is -2.96. The predicted octanol–water partition coefficient (Wildman–Crippen LogP) is 4.31. The number of rotatable bonds is 6. The Balaban J connectivity index is 1.51. The topological polar surface area (TPSA) is 64.2 Å². The van der Waals surface area contributed by atoms with Gasteiger partial charge >= 0.3 is 0 Å². The number of carbonyl (C=O) groups excluding carboxylic acids is 1. The number of carbonyl (C=O) groups is 1. The van der Waals surface area contributed by atoms with Gasteiger partial charge in [-0.1, -0.05) is 26.0 Å². The second-order valence-electron chi connectivity index (χ2n) is 8.37. The number of aromatic nitrogens is 3. The minimum atomic E-state index is -0.271. The summed E-state index contributed by atoms with van der Waals surface area (Å²) in [6, 6.07) is 8.15. The molecule has 30 heavy (non-hydrogen) atoms. The number of hydrogen-bond donors (Lipinski definition) is 0. The van der Waals surface area contributed by atoms with Crippen LogP contribution in [-0.2, 0) is 19.9 Å². The zero-order valence-electron chi connectivity index (χ0n) is 17.6. The van der Waals surface area contributed by atoms with Gasteiger partial charge in [0.1, 0.15) is 23.3 Å². The molecule has 0 saturated carbocycles. The van der Waals surface area contributed by atoms with Crippen molar-refractivity contribution in [1.82, 2.24) is 19.7 Å². The second kappa shape index (κ2) is 8.42. The second-order valence-corrected chi connectivity index (χ2v) is 8.37. The fourth-order valence-corrected chi connectivity index (χ4v) is 4.07. The zero-order chi connectivity index (χ0) is 21.3. The quantitative estimate of drug-likeness (QED) is 0.607. The lowest BCUT2D eigenvalue weighted by atomic mass is 10.1. The largest absolute Gasteiger partial charge is 0.443 e. The summed E-state index contributed by atoms with van der Waals surface area (Å²) in [5.41, 5.74) is 2.34. The Kier molecular flexibility index (Phi) is 5.70. The van der Waals surface area contributed by atoms with Crippen LogP contribution in [0.4, 0.5) is 4.39 Å². The van der Waals surface area contributed by atoms with Crippen molar-refractivity contribution in [2.24, 2.45) is 13.0 Å². The van der Waals surface area contributed by atoms with Gasteiger partial charge < -0.3 is 9.32 Å². The minimum absolute atomic E-state index is 0.0487. The lowest BCUT2D eigenvalue weighted by molar-refractivity contribution is 0.0703. The van der Waals surface area contributed by atoms with Crippen LogP contribution in [0.15, 0.2) is 40.9 Å². The first-order valence-corrected chi connectivity index (χ1v) is 10.4. The van der Waals surface area contributed by atoms with Crippen molar-refractivity contribution in [1.29, 1.82) is 0 Å². The molecule has 0 unspecified atom stereocenters. The van der Waals surface area contributed by atoms with Crippen molar-refractivity contribution >= 4 is 5.91 Å². The van der Waals surface area contributed by atoms with Crippen molar-refractivity contribution in [3.63, 3.8) is 0 Å². The molecular formula is C23H27FN4O2. The molecule has 1 aromatic carbocycles. The molecule has 1 atom stereocenters. The molecule has 6 nitrogen and oxygen atoms in total. The van der Waals surface area contributed by atoms with Gasteiger partial charge in [0.15, 0.2) is 0 Å². The van der Waals surface area contributed by atoms with E-state index < -0.39 is 0 Å². The van der Waals surface area contributed by atoms with Crippen molar-refractivity contribution < 1.29 is 13.6 Å². The predicted molar refractivity (Wildman–Crippen MR) is 110 cm³/mol. The summed E-state index contributed by atoms with van der Waals surface area (Å²) in [7, 11) is 1.81. The smallest absolute Gasteiger partial charge is 0.272 e. The summed E-state index contributed by atoms with van der Waals surface area (Å²) in [5, 5.41) is 4.50. The highest BCUT2D eigenvalue weighted by molar-refractivity contribution is 5.93. The van der Waals surface area contributed by atoms with E-state index in [1.807, 2.05) is 24.1 Å². The first-order chi connectivity index (χ1) is 14.4. The van der Waals surface area contributed by atoms with E-state index in [1.165, 1.54) is 12.1 Å². The lowest BCUT2D eigenvalue weighted by Gasteiger charge is -2.22. The molecule has 3 heterocycles. The van der Waals surface area contributed by atoms with Gasteiger partial charge in [-0.25, -0.2) is 9.37 Å². The highest BCUT2D eigenvalue weighted by atomic mass is 19.1. The Morgan fingerprint density at radius 2 is 2.17 bits per heavy atom. The van der Waals surface area contributed by atoms with Gasteiger partial charge in [0, 0.05) is 20.0 Å². The summed E-state index contributed by atoms with van der Waals surface area (Å²) in [5.74, 6) is 1.36. The van der Waals surface area contributed by atoms with Crippen molar-refractivity contribution in [3.8, 4) is 0 Å². The number of likely N-dealkylation sites (tertiary alicyclic amines) is 1. The van der Waals surface area contributed by atoms with Crippen LogP contribution in [-0.4, -0.2) is 32.1 Å². The van der Waals surface area contributed by atoms with Crippen molar-refractivity contribution in [2.45, 2.75) is 45.6 Å².